The standard InChI is InChI=1S/C33H32ClN7O5S2/c1-19-5-4-11-37-33(19)48(44,45)40-31-25-18-41(2)14-10-21(25)24(17-26(31)34)23-16-22(23)20-8-12-36-30(15-20)47(42,43)39-28-9-13-35-27-6-7-29(46-3)38-32(27)28/h4-9,11-13,15,17,22-23,40H,10,14,16,18H2,1-3H3,(H,35,39). The van der Waals surface area contributed by atoms with Crippen LogP contribution in [-0.4, -0.2) is 62.4 Å². The summed E-state index contributed by atoms with van der Waals surface area (Å²) < 4.78 is 64.5. The molecule has 1 saturated carbocycles. The molecule has 2 N–H and O–H groups in total. The molecule has 48 heavy (non-hydrogen) atoms. The van der Waals surface area contributed by atoms with Crippen molar-refractivity contribution >= 4 is 54.1 Å². The molecular formula is C33H32ClN7O5S2. The van der Waals surface area contributed by atoms with Crippen molar-refractivity contribution in [1.82, 2.24) is 24.8 Å². The molecule has 248 valence electrons. The second kappa shape index (κ2) is 12.3. The van der Waals surface area contributed by atoms with E-state index < -0.39 is 20.0 Å². The molecule has 2 atom stereocenters. The Morgan fingerprint density at radius 1 is 0.917 bits per heavy atom. The van der Waals surface area contributed by atoms with E-state index in [1.165, 1.54) is 25.7 Å². The molecule has 2 unspecified atom stereocenters. The number of hydrogen-bond donors (Lipinski definition) is 2. The number of aryl methyl sites for hydroxylation is 1. The van der Waals surface area contributed by atoms with E-state index >= 15 is 0 Å². The molecular weight excluding hydrogens is 674 g/mol. The number of anilines is 2. The number of hydrogen-bond acceptors (Lipinski definition) is 10. The summed E-state index contributed by atoms with van der Waals surface area (Å²) in [6.07, 6.45) is 5.96. The van der Waals surface area contributed by atoms with Crippen LogP contribution in [0.25, 0.3) is 11.0 Å². The Morgan fingerprint density at radius 3 is 2.52 bits per heavy atom. The first-order chi connectivity index (χ1) is 22.9. The van der Waals surface area contributed by atoms with Crippen molar-refractivity contribution in [3.05, 3.63) is 100.0 Å². The van der Waals surface area contributed by atoms with Gasteiger partial charge in [-0.3, -0.25) is 14.4 Å². The summed E-state index contributed by atoms with van der Waals surface area (Å²) in [7, 11) is -4.60. The number of methoxy groups -OCH3 is 1. The van der Waals surface area contributed by atoms with Crippen LogP contribution >= 0.6 is 11.6 Å². The van der Waals surface area contributed by atoms with E-state index in [4.69, 9.17) is 16.3 Å². The van der Waals surface area contributed by atoms with Gasteiger partial charge in [-0.05, 0) is 103 Å². The van der Waals surface area contributed by atoms with Gasteiger partial charge in [-0.15, -0.1) is 0 Å². The maximum atomic E-state index is 13.6. The van der Waals surface area contributed by atoms with Crippen LogP contribution in [0.3, 0.4) is 0 Å². The Labute approximate surface area is 283 Å². The van der Waals surface area contributed by atoms with E-state index in [0.29, 0.717) is 39.7 Å². The van der Waals surface area contributed by atoms with Crippen LogP contribution in [0, 0.1) is 6.92 Å². The number of halogens is 1. The Hall–Kier alpha value is -4.37. The van der Waals surface area contributed by atoms with Crippen molar-refractivity contribution in [2.24, 2.45) is 0 Å². The van der Waals surface area contributed by atoms with E-state index in [1.807, 2.05) is 19.2 Å². The summed E-state index contributed by atoms with van der Waals surface area (Å²) in [6, 6.07) is 13.6. The lowest BCUT2D eigenvalue weighted by Gasteiger charge is -2.30. The Kier molecular flexibility index (Phi) is 8.22. The van der Waals surface area contributed by atoms with Gasteiger partial charge in [0.15, 0.2) is 10.1 Å². The number of rotatable bonds is 9. The van der Waals surface area contributed by atoms with Gasteiger partial charge in [-0.25, -0.2) is 15.0 Å². The van der Waals surface area contributed by atoms with E-state index in [-0.39, 0.29) is 27.6 Å². The Bertz CT molecular complexity index is 2300. The van der Waals surface area contributed by atoms with Gasteiger partial charge >= 0.3 is 0 Å². The highest BCUT2D eigenvalue weighted by molar-refractivity contribution is 7.93. The van der Waals surface area contributed by atoms with E-state index in [1.54, 1.807) is 43.3 Å². The monoisotopic (exact) mass is 705 g/mol. The first kappa shape index (κ1) is 32.2. The van der Waals surface area contributed by atoms with Gasteiger partial charge in [-0.1, -0.05) is 17.7 Å². The largest absolute Gasteiger partial charge is 0.481 e. The lowest BCUT2D eigenvalue weighted by atomic mass is 9.90. The summed E-state index contributed by atoms with van der Waals surface area (Å²) in [5.41, 5.74) is 5.81. The average molecular weight is 706 g/mol. The number of sulfonamides is 2. The highest BCUT2D eigenvalue weighted by Crippen LogP contribution is 2.57. The van der Waals surface area contributed by atoms with E-state index in [0.717, 1.165) is 41.6 Å². The number of nitrogens with one attached hydrogen (secondary N) is 2. The van der Waals surface area contributed by atoms with Crippen molar-refractivity contribution in [3.8, 4) is 5.88 Å². The molecule has 0 amide bonds. The second-order valence-corrected chi connectivity index (χ2v) is 15.7. The minimum absolute atomic E-state index is 0.0353. The summed E-state index contributed by atoms with van der Waals surface area (Å²) in [4.78, 5) is 19.1. The molecule has 0 spiro atoms. The minimum Gasteiger partial charge on any atom is -0.481 e. The normalized spacial score (nSPS) is 17.9. The molecule has 15 heteroatoms. The second-order valence-electron chi connectivity index (χ2n) is 12.1. The summed E-state index contributed by atoms with van der Waals surface area (Å²) in [5.74, 6) is 0.446. The smallest absolute Gasteiger partial charge is 0.279 e. The van der Waals surface area contributed by atoms with Gasteiger partial charge in [0.25, 0.3) is 20.0 Å². The molecule has 1 aromatic carbocycles. The third kappa shape index (κ3) is 6.04. The molecule has 5 aromatic rings. The molecule has 5 heterocycles. The van der Waals surface area contributed by atoms with Crippen LogP contribution in [0.1, 0.15) is 46.1 Å². The zero-order valence-corrected chi connectivity index (χ0v) is 28.7. The van der Waals surface area contributed by atoms with Crippen molar-refractivity contribution in [2.45, 2.75) is 48.2 Å². The van der Waals surface area contributed by atoms with E-state index in [2.05, 4.69) is 34.3 Å². The first-order valence-corrected chi connectivity index (χ1v) is 18.6. The molecule has 12 nitrogen and oxygen atoms in total. The van der Waals surface area contributed by atoms with Crippen LogP contribution in [-0.2, 0) is 33.0 Å². The van der Waals surface area contributed by atoms with Crippen molar-refractivity contribution in [2.75, 3.05) is 30.1 Å². The fourth-order valence-electron chi connectivity index (χ4n) is 6.37. The van der Waals surface area contributed by atoms with Gasteiger partial charge in [-0.2, -0.15) is 16.8 Å². The molecule has 7 rings (SSSR count). The first-order valence-electron chi connectivity index (χ1n) is 15.2. The molecule has 0 radical (unpaired) electrons. The van der Waals surface area contributed by atoms with Crippen molar-refractivity contribution in [3.63, 3.8) is 0 Å². The summed E-state index contributed by atoms with van der Waals surface area (Å²) >= 11 is 6.85. The lowest BCUT2D eigenvalue weighted by Crippen LogP contribution is -2.29. The number of pyridine rings is 4. The predicted molar refractivity (Wildman–Crippen MR) is 183 cm³/mol. The SMILES string of the molecule is COc1ccc2nccc(NS(=O)(=O)c3cc(C4CC4c4cc(Cl)c(NS(=O)(=O)c5ncccc5C)c5c4CCN(C)C5)ccn3)c2n1. The minimum atomic E-state index is -4.08. The zero-order chi connectivity index (χ0) is 33.8. The van der Waals surface area contributed by atoms with Crippen LogP contribution in [0.5, 0.6) is 5.88 Å². The Morgan fingerprint density at radius 2 is 1.73 bits per heavy atom. The van der Waals surface area contributed by atoms with Crippen LogP contribution in [0.2, 0.25) is 5.02 Å². The highest BCUT2D eigenvalue weighted by atomic mass is 35.5. The quantitative estimate of drug-likeness (QED) is 0.208. The van der Waals surface area contributed by atoms with Gasteiger partial charge in [0.1, 0.15) is 5.52 Å². The summed E-state index contributed by atoms with van der Waals surface area (Å²) in [6.45, 7) is 3.02. The van der Waals surface area contributed by atoms with Gasteiger partial charge < -0.3 is 9.64 Å². The fraction of sp³-hybridized carbons (Fsp3) is 0.273. The maximum absolute atomic E-state index is 13.6. The average Bonchev–Trinajstić information content (AvgIpc) is 3.87. The number of benzene rings is 1. The molecule has 1 aliphatic carbocycles. The number of nitrogens with zero attached hydrogens (tertiary/aromatic N) is 5. The third-order valence-corrected chi connectivity index (χ3v) is 11.8. The number of ether oxygens (including phenoxy) is 1. The lowest BCUT2D eigenvalue weighted by molar-refractivity contribution is 0.313. The molecule has 0 bridgehead atoms. The number of fused-ring (bicyclic) bond motifs is 2. The van der Waals surface area contributed by atoms with Crippen LogP contribution in [0.15, 0.2) is 77.2 Å². The maximum Gasteiger partial charge on any atom is 0.279 e. The predicted octanol–water partition coefficient (Wildman–Crippen LogP) is 5.25. The number of likely N-dealkylation sites (N-methyl/N-ethyl adjacent to an activating group) is 1. The molecule has 1 aliphatic heterocycles. The van der Waals surface area contributed by atoms with Crippen LogP contribution in [0.4, 0.5) is 11.4 Å². The molecule has 4 aromatic heterocycles. The molecule has 2 aliphatic rings. The molecule has 1 fully saturated rings. The van der Waals surface area contributed by atoms with Crippen molar-refractivity contribution < 1.29 is 21.6 Å². The third-order valence-electron chi connectivity index (χ3n) is 8.82. The zero-order valence-electron chi connectivity index (χ0n) is 26.3. The highest BCUT2D eigenvalue weighted by Gasteiger charge is 2.43. The number of aromatic nitrogens is 4. The fourth-order valence-corrected chi connectivity index (χ4v) is 9.05. The molecule has 0 saturated heterocycles. The van der Waals surface area contributed by atoms with Gasteiger partial charge in [0.05, 0.1) is 29.0 Å². The van der Waals surface area contributed by atoms with Crippen molar-refractivity contribution in [1.29, 1.82) is 0 Å². The van der Waals surface area contributed by atoms with Gasteiger partial charge in [0.2, 0.25) is 5.88 Å². The van der Waals surface area contributed by atoms with Crippen LogP contribution < -0.4 is 14.2 Å². The van der Waals surface area contributed by atoms with E-state index in [9.17, 15) is 16.8 Å². The Balaban J connectivity index is 1.18. The topological polar surface area (TPSA) is 156 Å². The summed E-state index contributed by atoms with van der Waals surface area (Å²) in [5, 5.41) is 0.144. The van der Waals surface area contributed by atoms with Gasteiger partial charge in [0, 0.05) is 37.7 Å².